The molecule has 1 aliphatic rings. The van der Waals surface area contributed by atoms with Gasteiger partial charge in [0.05, 0.1) is 19.8 Å². The van der Waals surface area contributed by atoms with E-state index in [0.29, 0.717) is 6.61 Å². The summed E-state index contributed by atoms with van der Waals surface area (Å²) in [7, 11) is 1.72. The quantitative estimate of drug-likeness (QED) is 0.884. The van der Waals surface area contributed by atoms with E-state index >= 15 is 0 Å². The van der Waals surface area contributed by atoms with E-state index in [1.165, 1.54) is 11.1 Å². The molecule has 0 spiro atoms. The second-order valence-corrected chi connectivity index (χ2v) is 5.97. The fourth-order valence-corrected chi connectivity index (χ4v) is 3.28. The van der Waals surface area contributed by atoms with Gasteiger partial charge in [-0.1, -0.05) is 24.3 Å². The summed E-state index contributed by atoms with van der Waals surface area (Å²) in [4.78, 5) is 2.53. The predicted molar refractivity (Wildman–Crippen MR) is 96.9 cm³/mol. The number of benzene rings is 2. The van der Waals surface area contributed by atoms with Crippen molar-refractivity contribution in [1.29, 1.82) is 0 Å². The Morgan fingerprint density at radius 1 is 1.00 bits per heavy atom. The van der Waals surface area contributed by atoms with Gasteiger partial charge in [0.2, 0.25) is 0 Å². The molecule has 0 radical (unpaired) electrons. The van der Waals surface area contributed by atoms with Gasteiger partial charge < -0.3 is 14.8 Å². The number of ether oxygens (including phenoxy) is 2. The molecule has 0 aromatic heterocycles. The van der Waals surface area contributed by atoms with E-state index in [1.807, 2.05) is 13.0 Å². The summed E-state index contributed by atoms with van der Waals surface area (Å²) in [6.45, 7) is 6.82. The number of hydrogen-bond acceptors (Lipinski definition) is 4. The van der Waals surface area contributed by atoms with E-state index in [9.17, 15) is 0 Å². The number of piperazine rings is 1. The van der Waals surface area contributed by atoms with Gasteiger partial charge in [-0.05, 0) is 42.3 Å². The first-order valence-corrected chi connectivity index (χ1v) is 8.63. The Balaban J connectivity index is 1.94. The fraction of sp³-hybridized carbons (Fsp3) is 0.400. The van der Waals surface area contributed by atoms with Crippen LogP contribution in [0.4, 0.5) is 0 Å². The maximum absolute atomic E-state index is 5.58. The third-order valence-electron chi connectivity index (χ3n) is 4.43. The fourth-order valence-electron chi connectivity index (χ4n) is 3.28. The van der Waals surface area contributed by atoms with Crippen molar-refractivity contribution in [1.82, 2.24) is 10.2 Å². The van der Waals surface area contributed by atoms with Crippen molar-refractivity contribution in [3.63, 3.8) is 0 Å². The molecule has 1 heterocycles. The topological polar surface area (TPSA) is 33.7 Å². The Morgan fingerprint density at radius 3 is 2.42 bits per heavy atom. The Bertz CT molecular complexity index is 636. The molecule has 2 aromatic rings. The first-order chi connectivity index (χ1) is 11.8. The Kier molecular flexibility index (Phi) is 5.72. The molecule has 1 unspecified atom stereocenters. The summed E-state index contributed by atoms with van der Waals surface area (Å²) in [5.41, 5.74) is 2.55. The molecule has 0 aliphatic carbocycles. The van der Waals surface area contributed by atoms with Crippen molar-refractivity contribution in [3.05, 3.63) is 59.7 Å². The van der Waals surface area contributed by atoms with Crippen LogP contribution in [-0.4, -0.2) is 44.8 Å². The molecule has 3 rings (SSSR count). The molecule has 0 bridgehead atoms. The van der Waals surface area contributed by atoms with Crippen LogP contribution in [0.2, 0.25) is 0 Å². The van der Waals surface area contributed by atoms with Gasteiger partial charge in [-0.15, -0.1) is 0 Å². The highest BCUT2D eigenvalue weighted by molar-refractivity contribution is 5.39. The predicted octanol–water partition coefficient (Wildman–Crippen LogP) is 3.09. The van der Waals surface area contributed by atoms with Gasteiger partial charge in [0.1, 0.15) is 11.5 Å². The lowest BCUT2D eigenvalue weighted by molar-refractivity contribution is 0.198. The minimum Gasteiger partial charge on any atom is -0.497 e. The van der Waals surface area contributed by atoms with E-state index < -0.39 is 0 Å². The monoisotopic (exact) mass is 326 g/mol. The first-order valence-electron chi connectivity index (χ1n) is 8.63. The number of methoxy groups -OCH3 is 1. The van der Waals surface area contributed by atoms with Gasteiger partial charge >= 0.3 is 0 Å². The van der Waals surface area contributed by atoms with E-state index in [4.69, 9.17) is 9.47 Å². The molecule has 1 atom stereocenters. The van der Waals surface area contributed by atoms with Crippen LogP contribution in [0.5, 0.6) is 11.5 Å². The van der Waals surface area contributed by atoms with Gasteiger partial charge in [-0.2, -0.15) is 0 Å². The molecule has 4 nitrogen and oxygen atoms in total. The van der Waals surface area contributed by atoms with E-state index in [2.05, 4.69) is 52.7 Å². The molecule has 2 aromatic carbocycles. The van der Waals surface area contributed by atoms with Crippen molar-refractivity contribution in [2.45, 2.75) is 13.0 Å². The number of nitrogens with one attached hydrogen (secondary N) is 1. The lowest BCUT2D eigenvalue weighted by Crippen LogP contribution is -2.45. The standard InChI is InChI=1S/C20H26N2O2/c1-3-24-18-9-7-16(8-10-18)20(22-13-11-21-12-14-22)17-5-4-6-19(15-17)23-2/h4-10,15,20-21H,3,11-14H2,1-2H3. The SMILES string of the molecule is CCOc1ccc(C(c2cccc(OC)c2)N2CCNCC2)cc1. The second kappa shape index (κ2) is 8.18. The molecule has 1 saturated heterocycles. The zero-order valence-corrected chi connectivity index (χ0v) is 14.5. The lowest BCUT2D eigenvalue weighted by atomic mass is 9.96. The molecule has 1 N–H and O–H groups in total. The summed E-state index contributed by atoms with van der Waals surface area (Å²) in [6, 6.07) is 17.1. The highest BCUT2D eigenvalue weighted by Crippen LogP contribution is 2.32. The largest absolute Gasteiger partial charge is 0.497 e. The average Bonchev–Trinajstić information content (AvgIpc) is 2.65. The first kappa shape index (κ1) is 16.8. The normalized spacial score (nSPS) is 16.6. The van der Waals surface area contributed by atoms with Gasteiger partial charge in [-0.3, -0.25) is 4.90 Å². The van der Waals surface area contributed by atoms with Crippen molar-refractivity contribution in [2.75, 3.05) is 39.9 Å². The summed E-state index contributed by atoms with van der Waals surface area (Å²) in [5.74, 6) is 1.82. The molecule has 4 heteroatoms. The number of hydrogen-bond donors (Lipinski definition) is 1. The molecular weight excluding hydrogens is 300 g/mol. The summed E-state index contributed by atoms with van der Waals surface area (Å²) in [6.07, 6.45) is 0. The summed E-state index contributed by atoms with van der Waals surface area (Å²) >= 11 is 0. The van der Waals surface area contributed by atoms with Crippen molar-refractivity contribution >= 4 is 0 Å². The lowest BCUT2D eigenvalue weighted by Gasteiger charge is -2.35. The summed E-state index contributed by atoms with van der Waals surface area (Å²) in [5, 5.41) is 3.43. The third-order valence-corrected chi connectivity index (χ3v) is 4.43. The van der Waals surface area contributed by atoms with Crippen LogP contribution >= 0.6 is 0 Å². The third kappa shape index (κ3) is 3.89. The van der Waals surface area contributed by atoms with Crippen LogP contribution in [0.15, 0.2) is 48.5 Å². The number of nitrogens with zero attached hydrogens (tertiary/aromatic N) is 1. The molecule has 24 heavy (non-hydrogen) atoms. The van der Waals surface area contributed by atoms with E-state index in [1.54, 1.807) is 7.11 Å². The van der Waals surface area contributed by atoms with Crippen LogP contribution < -0.4 is 14.8 Å². The van der Waals surface area contributed by atoms with Crippen LogP contribution in [-0.2, 0) is 0 Å². The smallest absolute Gasteiger partial charge is 0.119 e. The highest BCUT2D eigenvalue weighted by atomic mass is 16.5. The summed E-state index contributed by atoms with van der Waals surface area (Å²) < 4.78 is 11.0. The highest BCUT2D eigenvalue weighted by Gasteiger charge is 2.24. The van der Waals surface area contributed by atoms with Crippen molar-refractivity contribution in [2.24, 2.45) is 0 Å². The maximum Gasteiger partial charge on any atom is 0.119 e. The van der Waals surface area contributed by atoms with Crippen LogP contribution in [0.1, 0.15) is 24.1 Å². The van der Waals surface area contributed by atoms with Crippen molar-refractivity contribution in [3.8, 4) is 11.5 Å². The molecule has 0 amide bonds. The van der Waals surface area contributed by atoms with E-state index in [0.717, 1.165) is 37.7 Å². The van der Waals surface area contributed by atoms with Gasteiger partial charge in [0.15, 0.2) is 0 Å². The Morgan fingerprint density at radius 2 is 1.75 bits per heavy atom. The molecular formula is C20H26N2O2. The van der Waals surface area contributed by atoms with Crippen molar-refractivity contribution < 1.29 is 9.47 Å². The van der Waals surface area contributed by atoms with E-state index in [-0.39, 0.29) is 6.04 Å². The minimum atomic E-state index is 0.234. The van der Waals surface area contributed by atoms with Gasteiger partial charge in [-0.25, -0.2) is 0 Å². The Labute approximate surface area is 144 Å². The molecule has 1 fully saturated rings. The maximum atomic E-state index is 5.58. The average molecular weight is 326 g/mol. The molecule has 0 saturated carbocycles. The second-order valence-electron chi connectivity index (χ2n) is 5.97. The minimum absolute atomic E-state index is 0.234. The molecule has 1 aliphatic heterocycles. The van der Waals surface area contributed by atoms with Gasteiger partial charge in [0.25, 0.3) is 0 Å². The Hall–Kier alpha value is -2.04. The van der Waals surface area contributed by atoms with Crippen LogP contribution in [0, 0.1) is 0 Å². The zero-order valence-electron chi connectivity index (χ0n) is 14.5. The van der Waals surface area contributed by atoms with Gasteiger partial charge in [0, 0.05) is 26.2 Å². The van der Waals surface area contributed by atoms with Crippen LogP contribution in [0.3, 0.4) is 0 Å². The molecule has 128 valence electrons. The zero-order chi connectivity index (χ0) is 16.8. The van der Waals surface area contributed by atoms with Crippen LogP contribution in [0.25, 0.3) is 0 Å². The number of rotatable bonds is 6.